The van der Waals surface area contributed by atoms with E-state index in [1.54, 1.807) is 6.07 Å². The van der Waals surface area contributed by atoms with Gasteiger partial charge in [-0.2, -0.15) is 0 Å². The Hall–Kier alpha value is -0.820. The summed E-state index contributed by atoms with van der Waals surface area (Å²) in [5, 5.41) is 0.710. The minimum absolute atomic E-state index is 0.0443. The predicted molar refractivity (Wildman–Crippen MR) is 53.4 cm³/mol. The van der Waals surface area contributed by atoms with E-state index in [0.29, 0.717) is 11.4 Å². The first-order valence-corrected chi connectivity index (χ1v) is 4.72. The largest absolute Gasteiger partial charge is 0.294 e. The van der Waals surface area contributed by atoms with E-state index in [0.717, 1.165) is 11.1 Å². The Labute approximate surface area is 82.7 Å². The van der Waals surface area contributed by atoms with Gasteiger partial charge in [0.2, 0.25) is 0 Å². The lowest BCUT2D eigenvalue weighted by atomic mass is 9.87. The summed E-state index contributed by atoms with van der Waals surface area (Å²) in [5.74, 6) is 0.233. The lowest BCUT2D eigenvalue weighted by molar-refractivity contribution is 0.0979. The molecule has 2 heteroatoms. The van der Waals surface area contributed by atoms with Gasteiger partial charge in [0.25, 0.3) is 0 Å². The lowest BCUT2D eigenvalue weighted by Crippen LogP contribution is -2.12. The molecule has 0 N–H and O–H groups in total. The number of halogens is 1. The average molecular weight is 195 g/mol. The highest BCUT2D eigenvalue weighted by Gasteiger charge is 2.35. The Kier molecular flexibility index (Phi) is 1.74. The highest BCUT2D eigenvalue weighted by atomic mass is 35.5. The third-order valence-electron chi connectivity index (χ3n) is 2.61. The molecule has 0 aromatic heterocycles. The molecule has 0 amide bonds. The zero-order valence-electron chi connectivity index (χ0n) is 7.73. The molecule has 0 saturated carbocycles. The second kappa shape index (κ2) is 2.58. The summed E-state index contributed by atoms with van der Waals surface area (Å²) in [4.78, 5) is 11.5. The Balaban J connectivity index is 2.66. The molecule has 1 nitrogen and oxygen atoms in total. The van der Waals surface area contributed by atoms with Crippen LogP contribution in [0, 0.1) is 0 Å². The van der Waals surface area contributed by atoms with Crippen molar-refractivity contribution >= 4 is 17.4 Å². The van der Waals surface area contributed by atoms with E-state index in [-0.39, 0.29) is 11.2 Å². The molecule has 0 atom stereocenters. The van der Waals surface area contributed by atoms with Gasteiger partial charge in [-0.1, -0.05) is 25.4 Å². The first-order chi connectivity index (χ1) is 6.00. The number of Topliss-reactive ketones (excluding diaryl/α,β-unsaturated/α-hetero) is 1. The molecule has 0 saturated heterocycles. The minimum atomic E-state index is -0.0443. The maximum Gasteiger partial charge on any atom is 0.164 e. The maximum atomic E-state index is 11.5. The van der Waals surface area contributed by atoms with E-state index in [1.165, 1.54) is 0 Å². The van der Waals surface area contributed by atoms with Crippen LogP contribution in [0.4, 0.5) is 0 Å². The van der Waals surface area contributed by atoms with Crippen molar-refractivity contribution in [2.45, 2.75) is 25.7 Å². The summed E-state index contributed by atoms with van der Waals surface area (Å²) >= 11 is 5.89. The molecule has 1 aliphatic carbocycles. The molecule has 0 heterocycles. The molecule has 0 aliphatic heterocycles. The molecule has 1 aromatic carbocycles. The van der Waals surface area contributed by atoms with Crippen LogP contribution >= 0.6 is 11.6 Å². The van der Waals surface area contributed by atoms with Gasteiger partial charge in [0.1, 0.15) is 0 Å². The number of hydrogen-bond donors (Lipinski definition) is 0. The Morgan fingerprint density at radius 1 is 1.38 bits per heavy atom. The molecule has 0 unspecified atom stereocenters. The SMILES string of the molecule is CC1(C)CC(=O)c2ccc(Cl)cc21. The van der Waals surface area contributed by atoms with Gasteiger partial charge in [-0.05, 0) is 29.2 Å². The number of hydrogen-bond acceptors (Lipinski definition) is 1. The highest BCUT2D eigenvalue weighted by molar-refractivity contribution is 6.30. The van der Waals surface area contributed by atoms with Crippen LogP contribution in [0.5, 0.6) is 0 Å². The van der Waals surface area contributed by atoms with E-state index in [4.69, 9.17) is 11.6 Å². The van der Waals surface area contributed by atoms with Crippen molar-refractivity contribution in [1.82, 2.24) is 0 Å². The van der Waals surface area contributed by atoms with Crippen LogP contribution in [0.25, 0.3) is 0 Å². The topological polar surface area (TPSA) is 17.1 Å². The highest BCUT2D eigenvalue weighted by Crippen LogP contribution is 2.39. The van der Waals surface area contributed by atoms with Gasteiger partial charge in [0.15, 0.2) is 5.78 Å². The summed E-state index contributed by atoms with van der Waals surface area (Å²) in [6.45, 7) is 4.15. The summed E-state index contributed by atoms with van der Waals surface area (Å²) in [6, 6.07) is 5.51. The fourth-order valence-electron chi connectivity index (χ4n) is 1.91. The maximum absolute atomic E-state index is 11.5. The molecular weight excluding hydrogens is 184 g/mol. The Bertz CT molecular complexity index is 380. The third kappa shape index (κ3) is 1.28. The van der Waals surface area contributed by atoms with E-state index < -0.39 is 0 Å². The van der Waals surface area contributed by atoms with Crippen LogP contribution in [0.3, 0.4) is 0 Å². The number of rotatable bonds is 0. The van der Waals surface area contributed by atoms with Crippen molar-refractivity contribution in [3.05, 3.63) is 34.3 Å². The van der Waals surface area contributed by atoms with Crippen LogP contribution in [-0.2, 0) is 5.41 Å². The number of carbonyl (C=O) groups excluding carboxylic acids is 1. The van der Waals surface area contributed by atoms with Gasteiger partial charge in [-0.25, -0.2) is 0 Å². The quantitative estimate of drug-likeness (QED) is 0.620. The minimum Gasteiger partial charge on any atom is -0.294 e. The molecular formula is C11H11ClO. The molecule has 2 rings (SSSR count). The molecule has 0 bridgehead atoms. The number of carbonyl (C=O) groups is 1. The van der Waals surface area contributed by atoms with E-state index in [1.807, 2.05) is 12.1 Å². The number of fused-ring (bicyclic) bond motifs is 1. The van der Waals surface area contributed by atoms with Gasteiger partial charge >= 0.3 is 0 Å². The number of benzene rings is 1. The monoisotopic (exact) mass is 194 g/mol. The first-order valence-electron chi connectivity index (χ1n) is 4.34. The summed E-state index contributed by atoms with van der Waals surface area (Å²) in [5.41, 5.74) is 1.89. The molecule has 1 aliphatic rings. The normalized spacial score (nSPS) is 18.8. The molecule has 0 fully saturated rings. The first kappa shape index (κ1) is 8.76. The van der Waals surface area contributed by atoms with Gasteiger partial charge in [0.05, 0.1) is 0 Å². The zero-order valence-corrected chi connectivity index (χ0v) is 8.48. The smallest absolute Gasteiger partial charge is 0.164 e. The average Bonchev–Trinajstić information content (AvgIpc) is 2.23. The van der Waals surface area contributed by atoms with E-state index in [2.05, 4.69) is 13.8 Å². The van der Waals surface area contributed by atoms with Gasteiger partial charge in [0, 0.05) is 17.0 Å². The standard InChI is InChI=1S/C11H11ClO/c1-11(2)6-10(13)8-4-3-7(12)5-9(8)11/h3-5H,6H2,1-2H3. The van der Waals surface area contributed by atoms with Crippen molar-refractivity contribution in [1.29, 1.82) is 0 Å². The number of ketones is 1. The summed E-state index contributed by atoms with van der Waals surface area (Å²) in [7, 11) is 0. The van der Waals surface area contributed by atoms with Crippen LogP contribution in [0.2, 0.25) is 5.02 Å². The van der Waals surface area contributed by atoms with Gasteiger partial charge in [-0.3, -0.25) is 4.79 Å². The van der Waals surface area contributed by atoms with E-state index >= 15 is 0 Å². The van der Waals surface area contributed by atoms with Crippen molar-refractivity contribution in [2.24, 2.45) is 0 Å². The fraction of sp³-hybridized carbons (Fsp3) is 0.364. The van der Waals surface area contributed by atoms with Crippen molar-refractivity contribution < 1.29 is 4.79 Å². The molecule has 0 spiro atoms. The second-order valence-corrected chi connectivity index (χ2v) is 4.61. The third-order valence-corrected chi connectivity index (χ3v) is 2.85. The van der Waals surface area contributed by atoms with Crippen molar-refractivity contribution in [3.63, 3.8) is 0 Å². The van der Waals surface area contributed by atoms with Gasteiger partial charge < -0.3 is 0 Å². The Morgan fingerprint density at radius 3 is 2.77 bits per heavy atom. The summed E-state index contributed by atoms with van der Waals surface area (Å²) in [6.07, 6.45) is 0.600. The van der Waals surface area contributed by atoms with E-state index in [9.17, 15) is 4.79 Å². The molecule has 0 radical (unpaired) electrons. The van der Waals surface area contributed by atoms with Crippen LogP contribution in [0.15, 0.2) is 18.2 Å². The van der Waals surface area contributed by atoms with Crippen LogP contribution in [-0.4, -0.2) is 5.78 Å². The molecule has 68 valence electrons. The molecule has 13 heavy (non-hydrogen) atoms. The predicted octanol–water partition coefficient (Wildman–Crippen LogP) is 3.20. The fourth-order valence-corrected chi connectivity index (χ4v) is 2.08. The van der Waals surface area contributed by atoms with Gasteiger partial charge in [-0.15, -0.1) is 0 Å². The second-order valence-electron chi connectivity index (χ2n) is 4.17. The summed E-state index contributed by atoms with van der Waals surface area (Å²) < 4.78 is 0. The lowest BCUT2D eigenvalue weighted by Gasteiger charge is -2.17. The molecule has 1 aromatic rings. The zero-order chi connectivity index (χ0) is 9.64. The van der Waals surface area contributed by atoms with Crippen molar-refractivity contribution in [3.8, 4) is 0 Å². The Morgan fingerprint density at radius 2 is 2.08 bits per heavy atom. The van der Waals surface area contributed by atoms with Crippen LogP contribution < -0.4 is 0 Å². The van der Waals surface area contributed by atoms with Crippen LogP contribution in [0.1, 0.15) is 36.2 Å². The van der Waals surface area contributed by atoms with Crippen molar-refractivity contribution in [2.75, 3.05) is 0 Å².